The third-order valence-corrected chi connectivity index (χ3v) is 8.27. The lowest BCUT2D eigenvalue weighted by atomic mass is 9.77. The zero-order chi connectivity index (χ0) is 25.9. The molecular formula is C32H39NO3. The largest absolute Gasteiger partial charge is 0.493 e. The topological polar surface area (TPSA) is 30.9 Å². The number of methoxy groups -OCH3 is 2. The Bertz CT molecular complexity index is 1300. The van der Waals surface area contributed by atoms with Crippen molar-refractivity contribution in [3.63, 3.8) is 0 Å². The van der Waals surface area contributed by atoms with E-state index >= 15 is 0 Å². The predicted octanol–water partition coefficient (Wildman–Crippen LogP) is 7.58. The van der Waals surface area contributed by atoms with Crippen molar-refractivity contribution in [2.75, 3.05) is 19.1 Å². The maximum Gasteiger partial charge on any atom is 0.161 e. The van der Waals surface area contributed by atoms with Crippen LogP contribution in [0.15, 0.2) is 36.4 Å². The summed E-state index contributed by atoms with van der Waals surface area (Å²) in [6, 6.07) is 13.4. The minimum atomic E-state index is -0.326. The van der Waals surface area contributed by atoms with Gasteiger partial charge in [0.1, 0.15) is 11.4 Å². The summed E-state index contributed by atoms with van der Waals surface area (Å²) in [6.07, 6.45) is 0. The van der Waals surface area contributed by atoms with Gasteiger partial charge in [0.2, 0.25) is 0 Å². The quantitative estimate of drug-likeness (QED) is 0.373. The lowest BCUT2D eigenvalue weighted by Gasteiger charge is -2.29. The Morgan fingerprint density at radius 2 is 1.50 bits per heavy atom. The van der Waals surface area contributed by atoms with Crippen molar-refractivity contribution in [1.82, 2.24) is 0 Å². The van der Waals surface area contributed by atoms with E-state index in [9.17, 15) is 0 Å². The van der Waals surface area contributed by atoms with Gasteiger partial charge in [-0.3, -0.25) is 0 Å². The molecule has 0 fully saturated rings. The molecule has 0 amide bonds. The highest BCUT2D eigenvalue weighted by molar-refractivity contribution is 5.73. The Balaban J connectivity index is 1.63. The minimum absolute atomic E-state index is 0.175. The lowest BCUT2D eigenvalue weighted by molar-refractivity contribution is 0.121. The number of anilines is 1. The summed E-state index contributed by atoms with van der Waals surface area (Å²) in [4.78, 5) is 2.51. The van der Waals surface area contributed by atoms with Crippen LogP contribution in [-0.2, 0) is 13.1 Å². The van der Waals surface area contributed by atoms with Crippen molar-refractivity contribution in [2.45, 2.75) is 79.0 Å². The van der Waals surface area contributed by atoms with E-state index in [2.05, 4.69) is 89.8 Å². The lowest BCUT2D eigenvalue weighted by Crippen LogP contribution is -2.31. The van der Waals surface area contributed by atoms with E-state index in [1.54, 1.807) is 14.2 Å². The van der Waals surface area contributed by atoms with Crippen LogP contribution in [0.3, 0.4) is 0 Å². The van der Waals surface area contributed by atoms with Gasteiger partial charge in [0.15, 0.2) is 11.5 Å². The summed E-state index contributed by atoms with van der Waals surface area (Å²) in [7, 11) is 3.40. The Morgan fingerprint density at radius 1 is 0.889 bits per heavy atom. The van der Waals surface area contributed by atoms with Gasteiger partial charge in [-0.05, 0) is 91.6 Å². The molecule has 0 saturated carbocycles. The zero-order valence-electron chi connectivity index (χ0n) is 23.2. The highest BCUT2D eigenvalue weighted by Crippen LogP contribution is 2.55. The third-order valence-electron chi connectivity index (χ3n) is 8.27. The maximum atomic E-state index is 6.74. The smallest absolute Gasteiger partial charge is 0.161 e. The molecule has 4 heteroatoms. The van der Waals surface area contributed by atoms with Crippen molar-refractivity contribution in [3.05, 3.63) is 80.9 Å². The van der Waals surface area contributed by atoms with E-state index in [0.29, 0.717) is 5.92 Å². The summed E-state index contributed by atoms with van der Waals surface area (Å²) in [5.74, 6) is 3.31. The van der Waals surface area contributed by atoms with E-state index < -0.39 is 0 Å². The molecule has 4 nitrogen and oxygen atoms in total. The summed E-state index contributed by atoms with van der Waals surface area (Å²) in [6.45, 7) is 17.4. The van der Waals surface area contributed by atoms with E-state index in [1.165, 1.54) is 50.2 Å². The predicted molar refractivity (Wildman–Crippen MR) is 147 cm³/mol. The summed E-state index contributed by atoms with van der Waals surface area (Å²) in [5, 5.41) is 0. The van der Waals surface area contributed by atoms with Gasteiger partial charge in [-0.1, -0.05) is 38.1 Å². The van der Waals surface area contributed by atoms with Gasteiger partial charge in [0, 0.05) is 24.3 Å². The molecule has 0 spiro atoms. The molecule has 0 aromatic heterocycles. The van der Waals surface area contributed by atoms with Crippen LogP contribution in [0.25, 0.3) is 0 Å². The summed E-state index contributed by atoms with van der Waals surface area (Å²) in [5.41, 5.74) is 11.5. The molecule has 0 saturated heterocycles. The average molecular weight is 486 g/mol. The fourth-order valence-corrected chi connectivity index (χ4v) is 6.30. The first kappa shape index (κ1) is 24.5. The molecule has 2 aliphatic heterocycles. The molecule has 3 aromatic carbocycles. The van der Waals surface area contributed by atoms with Crippen LogP contribution in [0.1, 0.15) is 84.0 Å². The van der Waals surface area contributed by atoms with Crippen LogP contribution >= 0.6 is 0 Å². The second-order valence-electron chi connectivity index (χ2n) is 11.3. The summed E-state index contributed by atoms with van der Waals surface area (Å²) >= 11 is 0. The van der Waals surface area contributed by atoms with E-state index in [0.717, 1.165) is 30.3 Å². The summed E-state index contributed by atoms with van der Waals surface area (Å²) < 4.78 is 17.9. The fraction of sp³-hybridized carbons (Fsp3) is 0.438. The van der Waals surface area contributed by atoms with Gasteiger partial charge in [-0.25, -0.2) is 0 Å². The highest BCUT2D eigenvalue weighted by atomic mass is 16.5. The maximum absolute atomic E-state index is 6.74. The van der Waals surface area contributed by atoms with Crippen LogP contribution < -0.4 is 19.1 Å². The average Bonchev–Trinajstić information content (AvgIpc) is 3.38. The Hall–Kier alpha value is -3.14. The van der Waals surface area contributed by atoms with Crippen molar-refractivity contribution in [1.29, 1.82) is 0 Å². The third kappa shape index (κ3) is 3.73. The Kier molecular flexibility index (Phi) is 5.97. The van der Waals surface area contributed by atoms with Crippen molar-refractivity contribution >= 4 is 5.69 Å². The van der Waals surface area contributed by atoms with Crippen molar-refractivity contribution in [2.24, 2.45) is 0 Å². The van der Waals surface area contributed by atoms with Gasteiger partial charge < -0.3 is 19.1 Å². The molecule has 0 unspecified atom stereocenters. The standard InChI is InChI=1S/C32H39NO3/c1-18(2)22-11-10-12-23(13-22)29-28-21(5)30(19(3)20(4)31(28)36-32(29,6)7)33-16-24-14-26(34-8)27(35-9)15-25(24)17-33/h10-15,18,29H,16-17H2,1-9H3/t29-/m1/s1. The van der Waals surface area contributed by atoms with Crippen LogP contribution in [0, 0.1) is 20.8 Å². The number of nitrogens with zero attached hydrogens (tertiary/aromatic N) is 1. The molecule has 3 aromatic rings. The van der Waals surface area contributed by atoms with Crippen LogP contribution in [-0.4, -0.2) is 19.8 Å². The van der Waals surface area contributed by atoms with Gasteiger partial charge in [0.05, 0.1) is 20.1 Å². The second kappa shape index (κ2) is 8.76. The molecular weight excluding hydrogens is 446 g/mol. The first-order chi connectivity index (χ1) is 17.1. The molecule has 36 heavy (non-hydrogen) atoms. The molecule has 2 aliphatic rings. The number of fused-ring (bicyclic) bond motifs is 2. The molecule has 0 N–H and O–H groups in total. The monoisotopic (exact) mass is 485 g/mol. The molecule has 0 bridgehead atoms. The van der Waals surface area contributed by atoms with E-state index in [4.69, 9.17) is 14.2 Å². The first-order valence-electron chi connectivity index (χ1n) is 13.0. The van der Waals surface area contributed by atoms with Gasteiger partial charge in [-0.2, -0.15) is 0 Å². The second-order valence-corrected chi connectivity index (χ2v) is 11.3. The molecule has 0 radical (unpaired) electrons. The number of ether oxygens (including phenoxy) is 3. The van der Waals surface area contributed by atoms with E-state index in [1.807, 2.05) is 0 Å². The van der Waals surface area contributed by atoms with Crippen LogP contribution in [0.4, 0.5) is 5.69 Å². The number of hydrogen-bond donors (Lipinski definition) is 0. The molecule has 190 valence electrons. The fourth-order valence-electron chi connectivity index (χ4n) is 6.30. The number of benzene rings is 3. The van der Waals surface area contributed by atoms with Crippen molar-refractivity contribution in [3.8, 4) is 17.2 Å². The molecule has 1 atom stereocenters. The highest BCUT2D eigenvalue weighted by Gasteiger charge is 2.45. The molecule has 5 rings (SSSR count). The number of rotatable bonds is 5. The van der Waals surface area contributed by atoms with Gasteiger partial charge in [0.25, 0.3) is 0 Å². The minimum Gasteiger partial charge on any atom is -0.493 e. The number of hydrogen-bond acceptors (Lipinski definition) is 4. The normalized spacial score (nSPS) is 17.7. The van der Waals surface area contributed by atoms with Crippen molar-refractivity contribution < 1.29 is 14.2 Å². The Labute approximate surface area is 216 Å². The Morgan fingerprint density at radius 3 is 2.06 bits per heavy atom. The first-order valence-corrected chi connectivity index (χ1v) is 13.0. The zero-order valence-corrected chi connectivity index (χ0v) is 23.2. The van der Waals surface area contributed by atoms with Gasteiger partial charge in [-0.15, -0.1) is 0 Å². The molecule has 2 heterocycles. The van der Waals surface area contributed by atoms with Crippen LogP contribution in [0.5, 0.6) is 17.2 Å². The van der Waals surface area contributed by atoms with Crippen LogP contribution in [0.2, 0.25) is 0 Å². The SMILES string of the molecule is COc1cc2c(cc1OC)CN(c1c(C)c(C)c3c(c1C)[C@@H](c1cccc(C(C)C)c1)C(C)(C)O3)C2. The molecule has 0 aliphatic carbocycles. The van der Waals surface area contributed by atoms with E-state index in [-0.39, 0.29) is 11.5 Å². The van der Waals surface area contributed by atoms with Gasteiger partial charge >= 0.3 is 0 Å².